The normalized spacial score (nSPS) is 29.5. The van der Waals surface area contributed by atoms with Gasteiger partial charge in [-0.1, -0.05) is 31.9 Å². The van der Waals surface area contributed by atoms with Gasteiger partial charge in [0.2, 0.25) is 0 Å². The first kappa shape index (κ1) is 15.4. The Hall–Kier alpha value is -1.51. The van der Waals surface area contributed by atoms with Crippen LogP contribution in [0.15, 0.2) is 35.6 Å². The molecule has 0 saturated heterocycles. The lowest BCUT2D eigenvalue weighted by atomic mass is 9.75. The van der Waals surface area contributed by atoms with Crippen molar-refractivity contribution in [1.82, 2.24) is 0 Å². The van der Waals surface area contributed by atoms with Crippen molar-refractivity contribution in [2.75, 3.05) is 6.61 Å². The molecule has 0 heterocycles. The van der Waals surface area contributed by atoms with Crippen LogP contribution in [0.4, 0.5) is 0 Å². The Morgan fingerprint density at radius 3 is 2.68 bits per heavy atom. The quantitative estimate of drug-likeness (QED) is 0.754. The minimum Gasteiger partial charge on any atom is -0.490 e. The van der Waals surface area contributed by atoms with Crippen molar-refractivity contribution >= 4 is 5.97 Å². The van der Waals surface area contributed by atoms with Crippen LogP contribution in [0.2, 0.25) is 0 Å². The summed E-state index contributed by atoms with van der Waals surface area (Å²) in [4.78, 5) is 10.9. The minimum absolute atomic E-state index is 0.113. The molecule has 1 N–H and O–H groups in total. The molecule has 120 valence electrons. The van der Waals surface area contributed by atoms with E-state index in [4.69, 9.17) is 9.84 Å². The summed E-state index contributed by atoms with van der Waals surface area (Å²) in [6.45, 7) is 2.59. The Labute approximate surface area is 132 Å². The highest BCUT2D eigenvalue weighted by Gasteiger charge is 2.34. The molecule has 3 aliphatic carbocycles. The number of hydrogen-bond donors (Lipinski definition) is 1. The van der Waals surface area contributed by atoms with Crippen LogP contribution in [0.5, 0.6) is 0 Å². The topological polar surface area (TPSA) is 46.5 Å². The van der Waals surface area contributed by atoms with Gasteiger partial charge in [-0.2, -0.15) is 0 Å². The van der Waals surface area contributed by atoms with E-state index in [2.05, 4.69) is 6.08 Å². The second-order valence-corrected chi connectivity index (χ2v) is 7.47. The number of aliphatic carboxylic acids is 1. The number of hydrogen-bond acceptors (Lipinski definition) is 2. The molecule has 3 heteroatoms. The van der Waals surface area contributed by atoms with Crippen molar-refractivity contribution in [1.29, 1.82) is 0 Å². The standard InChI is InChI=1S/C19H26O3/c1-18(13-17(20)21)10-6-16(12-18)22-14-15-5-4-9-19(11-15)7-2-3-8-19/h6,10-12H,2-5,7-9,13-14H2,1H3,(H,20,21). The summed E-state index contributed by atoms with van der Waals surface area (Å²) in [5, 5.41) is 8.96. The van der Waals surface area contributed by atoms with Crippen molar-refractivity contribution in [3.8, 4) is 0 Å². The molecule has 0 aliphatic heterocycles. The lowest BCUT2D eigenvalue weighted by Crippen LogP contribution is -2.19. The van der Waals surface area contributed by atoms with Gasteiger partial charge in [0, 0.05) is 5.41 Å². The number of carbonyl (C=O) groups is 1. The Bertz CT molecular complexity index is 535. The molecule has 0 aromatic heterocycles. The second-order valence-electron chi connectivity index (χ2n) is 7.47. The van der Waals surface area contributed by atoms with Crippen LogP contribution < -0.4 is 0 Å². The van der Waals surface area contributed by atoms with E-state index in [0.717, 1.165) is 12.2 Å². The molecule has 1 spiro atoms. The summed E-state index contributed by atoms with van der Waals surface area (Å²) in [6.07, 6.45) is 17.6. The first-order chi connectivity index (χ1) is 10.5. The van der Waals surface area contributed by atoms with Gasteiger partial charge in [0.15, 0.2) is 0 Å². The summed E-state index contributed by atoms with van der Waals surface area (Å²) in [5.41, 5.74) is 1.48. The zero-order valence-corrected chi connectivity index (χ0v) is 13.4. The average molecular weight is 302 g/mol. The van der Waals surface area contributed by atoms with Gasteiger partial charge in [-0.05, 0) is 55.2 Å². The highest BCUT2D eigenvalue weighted by Crippen LogP contribution is 2.47. The Kier molecular flexibility index (Phi) is 4.16. The molecule has 1 unspecified atom stereocenters. The molecule has 0 amide bonds. The molecular weight excluding hydrogens is 276 g/mol. The molecule has 3 aliphatic rings. The predicted octanol–water partition coefficient (Wildman–Crippen LogP) is 4.61. The number of carboxylic acids is 1. The molecule has 3 rings (SSSR count). The fourth-order valence-electron chi connectivity index (χ4n) is 4.23. The molecule has 0 aromatic rings. The van der Waals surface area contributed by atoms with Crippen LogP contribution >= 0.6 is 0 Å². The maximum atomic E-state index is 10.9. The fraction of sp³-hybridized carbons (Fsp3) is 0.632. The number of carboxylic acid groups (broad SMARTS) is 1. The molecule has 22 heavy (non-hydrogen) atoms. The van der Waals surface area contributed by atoms with Crippen LogP contribution in [-0.2, 0) is 9.53 Å². The zero-order chi connectivity index (χ0) is 15.6. The summed E-state index contributed by atoms with van der Waals surface area (Å²) >= 11 is 0. The summed E-state index contributed by atoms with van der Waals surface area (Å²) in [5.74, 6) is 0.0403. The highest BCUT2D eigenvalue weighted by molar-refractivity contribution is 5.69. The maximum absolute atomic E-state index is 10.9. The average Bonchev–Trinajstić information content (AvgIpc) is 3.04. The van der Waals surface area contributed by atoms with Crippen LogP contribution in [0.3, 0.4) is 0 Å². The Morgan fingerprint density at radius 1 is 1.23 bits per heavy atom. The van der Waals surface area contributed by atoms with Gasteiger partial charge in [-0.3, -0.25) is 4.79 Å². The van der Waals surface area contributed by atoms with Gasteiger partial charge in [-0.15, -0.1) is 0 Å². The molecule has 1 fully saturated rings. The fourth-order valence-corrected chi connectivity index (χ4v) is 4.23. The zero-order valence-electron chi connectivity index (χ0n) is 13.4. The molecule has 0 radical (unpaired) electrons. The van der Waals surface area contributed by atoms with E-state index >= 15 is 0 Å². The summed E-state index contributed by atoms with van der Waals surface area (Å²) in [7, 11) is 0. The molecule has 0 aromatic carbocycles. The van der Waals surface area contributed by atoms with E-state index in [0.29, 0.717) is 12.0 Å². The summed E-state index contributed by atoms with van der Waals surface area (Å²) in [6, 6.07) is 0. The van der Waals surface area contributed by atoms with Crippen molar-refractivity contribution < 1.29 is 14.6 Å². The van der Waals surface area contributed by atoms with Crippen LogP contribution in [0.25, 0.3) is 0 Å². The SMILES string of the molecule is CC1(CC(=O)O)C=CC(OCC2=CC3(CCCC3)CCC2)=C1. The van der Waals surface area contributed by atoms with Crippen LogP contribution in [-0.4, -0.2) is 17.7 Å². The number of ether oxygens (including phenoxy) is 1. The van der Waals surface area contributed by atoms with Crippen molar-refractivity contribution in [2.45, 2.75) is 58.3 Å². The van der Waals surface area contributed by atoms with Crippen molar-refractivity contribution in [2.24, 2.45) is 10.8 Å². The second kappa shape index (κ2) is 5.94. The number of rotatable bonds is 5. The molecule has 0 bridgehead atoms. The van der Waals surface area contributed by atoms with Gasteiger partial charge in [0.1, 0.15) is 12.4 Å². The lowest BCUT2D eigenvalue weighted by molar-refractivity contribution is -0.138. The van der Waals surface area contributed by atoms with Gasteiger partial charge < -0.3 is 9.84 Å². The van der Waals surface area contributed by atoms with Crippen molar-refractivity contribution in [3.63, 3.8) is 0 Å². The minimum atomic E-state index is -0.775. The van der Waals surface area contributed by atoms with Gasteiger partial charge >= 0.3 is 5.97 Å². The van der Waals surface area contributed by atoms with E-state index in [1.807, 2.05) is 25.2 Å². The van der Waals surface area contributed by atoms with E-state index in [1.165, 1.54) is 44.1 Å². The Balaban J connectivity index is 1.59. The third-order valence-electron chi connectivity index (χ3n) is 5.34. The van der Waals surface area contributed by atoms with Gasteiger partial charge in [0.25, 0.3) is 0 Å². The lowest BCUT2D eigenvalue weighted by Gasteiger charge is -2.31. The smallest absolute Gasteiger partial charge is 0.304 e. The molecule has 1 saturated carbocycles. The molecule has 3 nitrogen and oxygen atoms in total. The first-order valence-corrected chi connectivity index (χ1v) is 8.46. The van der Waals surface area contributed by atoms with E-state index in [1.54, 1.807) is 0 Å². The third kappa shape index (κ3) is 3.45. The third-order valence-corrected chi connectivity index (χ3v) is 5.34. The van der Waals surface area contributed by atoms with E-state index in [-0.39, 0.29) is 6.42 Å². The van der Waals surface area contributed by atoms with Crippen LogP contribution in [0.1, 0.15) is 58.3 Å². The Morgan fingerprint density at radius 2 is 1.95 bits per heavy atom. The van der Waals surface area contributed by atoms with E-state index in [9.17, 15) is 4.79 Å². The summed E-state index contributed by atoms with van der Waals surface area (Å²) < 4.78 is 5.94. The number of allylic oxidation sites excluding steroid dienone is 4. The van der Waals surface area contributed by atoms with Gasteiger partial charge in [-0.25, -0.2) is 0 Å². The molecular formula is C19H26O3. The largest absolute Gasteiger partial charge is 0.490 e. The monoisotopic (exact) mass is 302 g/mol. The predicted molar refractivity (Wildman–Crippen MR) is 86.4 cm³/mol. The van der Waals surface area contributed by atoms with Crippen LogP contribution in [0, 0.1) is 10.8 Å². The van der Waals surface area contributed by atoms with Gasteiger partial charge in [0.05, 0.1) is 6.42 Å². The van der Waals surface area contributed by atoms with Crippen molar-refractivity contribution in [3.05, 3.63) is 35.6 Å². The maximum Gasteiger partial charge on any atom is 0.304 e. The van der Waals surface area contributed by atoms with E-state index < -0.39 is 11.4 Å². The highest BCUT2D eigenvalue weighted by atomic mass is 16.5. The molecule has 1 atom stereocenters. The first-order valence-electron chi connectivity index (χ1n) is 8.46.